The van der Waals surface area contributed by atoms with Crippen LogP contribution in [0.15, 0.2) is 30.3 Å². The Balaban J connectivity index is 1.49. The maximum absolute atomic E-state index is 15.1. The molecule has 0 bridgehead atoms. The Labute approximate surface area is 184 Å². The summed E-state index contributed by atoms with van der Waals surface area (Å²) in [7, 11) is 2.09. The van der Waals surface area contributed by atoms with Gasteiger partial charge < -0.3 is 24.8 Å². The van der Waals surface area contributed by atoms with Gasteiger partial charge in [0.05, 0.1) is 0 Å². The number of halogens is 1. The van der Waals surface area contributed by atoms with Gasteiger partial charge in [-0.2, -0.15) is 15.1 Å². The fraction of sp³-hybridized carbons (Fsp3) is 0.318. The highest BCUT2D eigenvalue weighted by molar-refractivity contribution is 5.82. The SMILES string of the molecule is Cc1cc(Nc2cc(Oc3ccc4[nH]c(C)cc4c3F)nc(N3CCN(C)CC3)n2)n[nH]1. The van der Waals surface area contributed by atoms with Gasteiger partial charge in [0.15, 0.2) is 17.4 Å². The van der Waals surface area contributed by atoms with E-state index in [1.165, 1.54) is 0 Å². The van der Waals surface area contributed by atoms with Crippen LogP contribution in [-0.2, 0) is 0 Å². The fourth-order valence-corrected chi connectivity index (χ4v) is 3.77. The first-order valence-electron chi connectivity index (χ1n) is 10.5. The summed E-state index contributed by atoms with van der Waals surface area (Å²) >= 11 is 0. The summed E-state index contributed by atoms with van der Waals surface area (Å²) in [4.78, 5) is 16.7. The van der Waals surface area contributed by atoms with Crippen molar-refractivity contribution < 1.29 is 9.13 Å². The normalized spacial score (nSPS) is 14.8. The molecule has 5 rings (SSSR count). The molecule has 0 unspecified atom stereocenters. The summed E-state index contributed by atoms with van der Waals surface area (Å²) < 4.78 is 21.0. The van der Waals surface area contributed by atoms with Crippen molar-refractivity contribution in [1.82, 2.24) is 30.0 Å². The molecule has 1 aliphatic heterocycles. The number of benzene rings is 1. The minimum absolute atomic E-state index is 0.112. The number of aromatic amines is 2. The van der Waals surface area contributed by atoms with Crippen LogP contribution in [0.5, 0.6) is 11.6 Å². The van der Waals surface area contributed by atoms with E-state index in [4.69, 9.17) is 4.74 Å². The zero-order valence-corrected chi connectivity index (χ0v) is 18.2. The average molecular weight is 436 g/mol. The molecule has 1 aliphatic rings. The van der Waals surface area contributed by atoms with Gasteiger partial charge in [-0.3, -0.25) is 5.10 Å². The van der Waals surface area contributed by atoms with Gasteiger partial charge in [-0.1, -0.05) is 0 Å². The third kappa shape index (κ3) is 4.09. The predicted molar refractivity (Wildman–Crippen MR) is 121 cm³/mol. The van der Waals surface area contributed by atoms with E-state index in [9.17, 15) is 0 Å². The molecule has 3 aromatic heterocycles. The maximum atomic E-state index is 15.1. The van der Waals surface area contributed by atoms with E-state index in [0.717, 1.165) is 43.1 Å². The first-order chi connectivity index (χ1) is 15.4. The largest absolute Gasteiger partial charge is 0.436 e. The van der Waals surface area contributed by atoms with Gasteiger partial charge in [0.25, 0.3) is 0 Å². The Morgan fingerprint density at radius 3 is 2.56 bits per heavy atom. The number of H-pyrrole nitrogens is 2. The first-order valence-corrected chi connectivity index (χ1v) is 10.5. The lowest BCUT2D eigenvalue weighted by Gasteiger charge is -2.32. The molecular formula is C22H25FN8O. The predicted octanol–water partition coefficient (Wildman–Crippen LogP) is 3.72. The van der Waals surface area contributed by atoms with Crippen molar-refractivity contribution in [3.05, 3.63) is 47.5 Å². The molecule has 3 N–H and O–H groups in total. The van der Waals surface area contributed by atoms with Crippen molar-refractivity contribution in [3.8, 4) is 11.6 Å². The van der Waals surface area contributed by atoms with Crippen LogP contribution >= 0.6 is 0 Å². The lowest BCUT2D eigenvalue weighted by Crippen LogP contribution is -2.45. The number of likely N-dealkylation sites (N-methyl/N-ethyl adjacent to an activating group) is 1. The molecule has 1 aromatic carbocycles. The van der Waals surface area contributed by atoms with E-state index in [0.29, 0.717) is 23.0 Å². The van der Waals surface area contributed by atoms with Gasteiger partial charge in [-0.15, -0.1) is 0 Å². The molecule has 32 heavy (non-hydrogen) atoms. The molecule has 0 radical (unpaired) electrons. The Morgan fingerprint density at radius 2 is 1.81 bits per heavy atom. The van der Waals surface area contributed by atoms with Gasteiger partial charge in [0, 0.05) is 60.6 Å². The van der Waals surface area contributed by atoms with Crippen LogP contribution < -0.4 is 15.0 Å². The number of aromatic nitrogens is 5. The zero-order valence-electron chi connectivity index (χ0n) is 18.2. The molecule has 4 heterocycles. The number of anilines is 3. The van der Waals surface area contributed by atoms with Crippen molar-refractivity contribution in [2.45, 2.75) is 13.8 Å². The van der Waals surface area contributed by atoms with Crippen LogP contribution in [0.2, 0.25) is 0 Å². The van der Waals surface area contributed by atoms with Gasteiger partial charge >= 0.3 is 0 Å². The summed E-state index contributed by atoms with van der Waals surface area (Å²) in [6, 6.07) is 8.69. The summed E-state index contributed by atoms with van der Waals surface area (Å²) in [5.74, 6) is 1.63. The Morgan fingerprint density at radius 1 is 1.00 bits per heavy atom. The van der Waals surface area contributed by atoms with Gasteiger partial charge in [0.2, 0.25) is 11.8 Å². The highest BCUT2D eigenvalue weighted by Crippen LogP contribution is 2.31. The number of rotatable bonds is 5. The number of ether oxygens (including phenoxy) is 1. The van der Waals surface area contributed by atoms with Crippen molar-refractivity contribution in [1.29, 1.82) is 0 Å². The Hall–Kier alpha value is -3.66. The topological polar surface area (TPSA) is 98.0 Å². The molecule has 1 saturated heterocycles. The van der Waals surface area contributed by atoms with E-state index in [2.05, 4.69) is 47.3 Å². The van der Waals surface area contributed by atoms with Crippen LogP contribution in [0.1, 0.15) is 11.4 Å². The lowest BCUT2D eigenvalue weighted by atomic mass is 10.2. The Kier molecular flexibility index (Phi) is 5.14. The summed E-state index contributed by atoms with van der Waals surface area (Å²) in [5.41, 5.74) is 2.54. The van der Waals surface area contributed by atoms with E-state index in [1.54, 1.807) is 24.3 Å². The fourth-order valence-electron chi connectivity index (χ4n) is 3.77. The molecule has 0 atom stereocenters. The van der Waals surface area contributed by atoms with Crippen LogP contribution in [0.4, 0.5) is 22.0 Å². The maximum Gasteiger partial charge on any atom is 0.230 e. The third-order valence-electron chi connectivity index (χ3n) is 5.49. The van der Waals surface area contributed by atoms with E-state index in [-0.39, 0.29) is 11.6 Å². The van der Waals surface area contributed by atoms with Gasteiger partial charge in [-0.05, 0) is 39.1 Å². The molecule has 10 heteroatoms. The number of piperazine rings is 1. The highest BCUT2D eigenvalue weighted by Gasteiger charge is 2.20. The van der Waals surface area contributed by atoms with Crippen molar-refractivity contribution in [2.24, 2.45) is 0 Å². The number of hydrogen-bond acceptors (Lipinski definition) is 7. The number of nitrogens with zero attached hydrogens (tertiary/aromatic N) is 5. The second-order valence-electron chi connectivity index (χ2n) is 8.14. The van der Waals surface area contributed by atoms with Crippen LogP contribution in [0, 0.1) is 19.7 Å². The van der Waals surface area contributed by atoms with Crippen molar-refractivity contribution in [3.63, 3.8) is 0 Å². The van der Waals surface area contributed by atoms with Crippen LogP contribution in [0.3, 0.4) is 0 Å². The van der Waals surface area contributed by atoms with Crippen LogP contribution in [0.25, 0.3) is 10.9 Å². The number of hydrogen-bond donors (Lipinski definition) is 3. The minimum Gasteiger partial charge on any atom is -0.436 e. The molecule has 4 aromatic rings. The third-order valence-corrected chi connectivity index (χ3v) is 5.49. The standard InChI is InChI=1S/C22H25FN8O/c1-13-10-15-16(24-13)4-5-17(21(15)23)32-20-12-18(25-19-11-14(2)28-29-19)26-22(27-20)31-8-6-30(3)7-9-31/h4-5,10-12,24H,6-9H2,1-3H3,(H2,25,26,27,28,29). The first kappa shape index (κ1) is 20.3. The minimum atomic E-state index is -0.427. The van der Waals surface area contributed by atoms with Gasteiger partial charge in [0.1, 0.15) is 5.82 Å². The lowest BCUT2D eigenvalue weighted by molar-refractivity contribution is 0.310. The van der Waals surface area contributed by atoms with Crippen molar-refractivity contribution >= 4 is 28.5 Å². The smallest absolute Gasteiger partial charge is 0.230 e. The molecule has 9 nitrogen and oxygen atoms in total. The number of aryl methyl sites for hydroxylation is 2. The number of nitrogens with one attached hydrogen (secondary N) is 3. The second kappa shape index (κ2) is 8.12. The van der Waals surface area contributed by atoms with Crippen LogP contribution in [-0.4, -0.2) is 63.3 Å². The quantitative estimate of drug-likeness (QED) is 0.439. The molecular weight excluding hydrogens is 411 g/mol. The highest BCUT2D eigenvalue weighted by atomic mass is 19.1. The van der Waals surface area contributed by atoms with Gasteiger partial charge in [-0.25, -0.2) is 4.39 Å². The van der Waals surface area contributed by atoms with E-state index >= 15 is 4.39 Å². The molecule has 0 aliphatic carbocycles. The molecule has 0 amide bonds. The zero-order chi connectivity index (χ0) is 22.2. The van der Waals surface area contributed by atoms with E-state index < -0.39 is 5.82 Å². The average Bonchev–Trinajstić information content (AvgIpc) is 3.35. The summed E-state index contributed by atoms with van der Waals surface area (Å²) in [6.45, 7) is 7.22. The van der Waals surface area contributed by atoms with E-state index in [1.807, 2.05) is 19.9 Å². The molecule has 1 fully saturated rings. The second-order valence-corrected chi connectivity index (χ2v) is 8.14. The van der Waals surface area contributed by atoms with Crippen molar-refractivity contribution in [2.75, 3.05) is 43.4 Å². The monoisotopic (exact) mass is 436 g/mol. The number of fused-ring (bicyclic) bond motifs is 1. The summed E-state index contributed by atoms with van der Waals surface area (Å²) in [6.07, 6.45) is 0. The molecule has 0 saturated carbocycles. The Bertz CT molecular complexity index is 1260. The summed E-state index contributed by atoms with van der Waals surface area (Å²) in [5, 5.41) is 10.8. The molecule has 0 spiro atoms. The molecule has 166 valence electrons.